The zero-order valence-corrected chi connectivity index (χ0v) is 23.5. The van der Waals surface area contributed by atoms with Crippen molar-refractivity contribution in [2.45, 2.75) is 79.0 Å². The Labute approximate surface area is 224 Å². The van der Waals surface area contributed by atoms with Crippen molar-refractivity contribution in [1.29, 1.82) is 0 Å². The summed E-state index contributed by atoms with van der Waals surface area (Å²) in [4.78, 5) is 52.9. The highest BCUT2D eigenvalue weighted by molar-refractivity contribution is 5.92. The van der Waals surface area contributed by atoms with Gasteiger partial charge in [-0.15, -0.1) is 0 Å². The number of aliphatic hydroxyl groups excluding tert-OH is 1. The summed E-state index contributed by atoms with van der Waals surface area (Å²) in [5.41, 5.74) is 0.0764. The van der Waals surface area contributed by atoms with Crippen LogP contribution in [-0.4, -0.2) is 76.9 Å². The van der Waals surface area contributed by atoms with Crippen LogP contribution in [0.5, 0.6) is 5.75 Å². The molecule has 38 heavy (non-hydrogen) atoms. The van der Waals surface area contributed by atoms with Crippen LogP contribution in [0.4, 0.5) is 4.79 Å². The number of alkyl carbamates (subject to hydrolysis) is 1. The van der Waals surface area contributed by atoms with Crippen LogP contribution in [0.25, 0.3) is 0 Å². The molecule has 0 aromatic heterocycles. The Kier molecular flexibility index (Phi) is 13.0. The quantitative estimate of drug-likeness (QED) is 0.280. The fourth-order valence-corrected chi connectivity index (χ4v) is 3.71. The number of amides is 3. The van der Waals surface area contributed by atoms with Crippen LogP contribution in [0.2, 0.25) is 0 Å². The summed E-state index contributed by atoms with van der Waals surface area (Å²) in [5.74, 6) is -1.98. The minimum Gasteiger partial charge on any atom is -0.508 e. The smallest absolute Gasteiger partial charge is 0.408 e. The number of phenols is 1. The van der Waals surface area contributed by atoms with Gasteiger partial charge in [0.05, 0.1) is 19.6 Å². The second kappa shape index (κ2) is 15.2. The lowest BCUT2D eigenvalue weighted by molar-refractivity contribution is -0.145. The summed E-state index contributed by atoms with van der Waals surface area (Å²) in [7, 11) is 0. The Morgan fingerprint density at radius 2 is 1.79 bits per heavy atom. The number of esters is 1. The number of aliphatic hydroxyl groups is 1. The van der Waals surface area contributed by atoms with E-state index in [1.807, 2.05) is 6.92 Å². The molecule has 1 aromatic carbocycles. The number of aromatic hydroxyl groups is 1. The first-order valence-electron chi connectivity index (χ1n) is 12.9. The molecule has 3 amide bonds. The maximum atomic E-state index is 13.9. The van der Waals surface area contributed by atoms with Crippen molar-refractivity contribution < 1.29 is 38.9 Å². The van der Waals surface area contributed by atoms with Crippen LogP contribution in [-0.2, 0) is 23.9 Å². The van der Waals surface area contributed by atoms with Gasteiger partial charge in [0, 0.05) is 13.1 Å². The van der Waals surface area contributed by atoms with E-state index in [9.17, 15) is 29.4 Å². The molecule has 0 fully saturated rings. The van der Waals surface area contributed by atoms with Gasteiger partial charge < -0.3 is 35.2 Å². The van der Waals surface area contributed by atoms with Crippen molar-refractivity contribution in [1.82, 2.24) is 15.5 Å². The lowest BCUT2D eigenvalue weighted by atomic mass is 9.95. The van der Waals surface area contributed by atoms with Gasteiger partial charge in [-0.25, -0.2) is 4.79 Å². The number of aryl methyl sites for hydroxylation is 1. The predicted molar refractivity (Wildman–Crippen MR) is 141 cm³/mol. The van der Waals surface area contributed by atoms with Gasteiger partial charge in [-0.2, -0.15) is 0 Å². The largest absolute Gasteiger partial charge is 0.508 e. The molecule has 11 nitrogen and oxygen atoms in total. The number of carbonyl (C=O) groups excluding carboxylic acids is 4. The Morgan fingerprint density at radius 1 is 1.13 bits per heavy atom. The minimum absolute atomic E-state index is 0.0133. The van der Waals surface area contributed by atoms with E-state index in [1.165, 1.54) is 17.0 Å². The molecule has 4 N–H and O–H groups in total. The van der Waals surface area contributed by atoms with E-state index in [4.69, 9.17) is 9.47 Å². The van der Waals surface area contributed by atoms with Crippen LogP contribution >= 0.6 is 0 Å². The van der Waals surface area contributed by atoms with Gasteiger partial charge in [0.1, 0.15) is 23.4 Å². The van der Waals surface area contributed by atoms with Crippen molar-refractivity contribution in [2.24, 2.45) is 5.92 Å². The van der Waals surface area contributed by atoms with Gasteiger partial charge in [0.15, 0.2) is 0 Å². The first-order chi connectivity index (χ1) is 17.7. The number of nitrogens with one attached hydrogen (secondary N) is 2. The van der Waals surface area contributed by atoms with E-state index in [0.29, 0.717) is 17.5 Å². The number of nitrogens with zero attached hydrogens (tertiary/aromatic N) is 1. The highest BCUT2D eigenvalue weighted by Crippen LogP contribution is 2.28. The monoisotopic (exact) mass is 537 g/mol. The Morgan fingerprint density at radius 3 is 2.32 bits per heavy atom. The lowest BCUT2D eigenvalue weighted by Crippen LogP contribution is -2.55. The molecule has 3 atom stereocenters. The number of rotatable bonds is 13. The summed E-state index contributed by atoms with van der Waals surface area (Å²) in [5, 5.41) is 25.2. The second-order valence-electron chi connectivity index (χ2n) is 10.1. The molecule has 1 aromatic rings. The standard InChI is InChI=1S/C27H43N3O8/c1-8-17(3)22(29-26(36)38-27(5,6)7)25(35)30(14-15-31)23(19-10-11-20(32)18(4)16-19)24(34)28-13-12-21(33)37-9-2/h10-11,16-17,22-23,31-32H,8-9,12-15H2,1-7H3,(H,28,34)(H,29,36). The molecule has 11 heteroatoms. The average molecular weight is 538 g/mol. The van der Waals surface area contributed by atoms with Crippen molar-refractivity contribution in [3.05, 3.63) is 29.3 Å². The van der Waals surface area contributed by atoms with Gasteiger partial charge in [0.2, 0.25) is 11.8 Å². The molecule has 0 aliphatic rings. The molecule has 0 spiro atoms. The third-order valence-corrected chi connectivity index (χ3v) is 5.81. The third-order valence-electron chi connectivity index (χ3n) is 5.81. The topological polar surface area (TPSA) is 154 Å². The highest BCUT2D eigenvalue weighted by atomic mass is 16.6. The van der Waals surface area contributed by atoms with Gasteiger partial charge in [-0.05, 0) is 63.8 Å². The zero-order chi connectivity index (χ0) is 29.0. The molecule has 0 bridgehead atoms. The summed E-state index contributed by atoms with van der Waals surface area (Å²) < 4.78 is 10.2. The molecule has 0 aliphatic carbocycles. The van der Waals surface area contributed by atoms with Gasteiger partial charge in [0.25, 0.3) is 0 Å². The first kappa shape index (κ1) is 32.7. The van der Waals surface area contributed by atoms with E-state index in [2.05, 4.69) is 10.6 Å². The molecule has 0 heterocycles. The summed E-state index contributed by atoms with van der Waals surface area (Å²) in [6.45, 7) is 11.6. The molecule has 214 valence electrons. The molecule has 3 unspecified atom stereocenters. The van der Waals surface area contributed by atoms with Crippen LogP contribution in [0.1, 0.15) is 71.6 Å². The summed E-state index contributed by atoms with van der Waals surface area (Å²) in [6, 6.07) is 2.23. The van der Waals surface area contributed by atoms with Crippen LogP contribution in [0.3, 0.4) is 0 Å². The maximum absolute atomic E-state index is 13.9. The average Bonchev–Trinajstić information content (AvgIpc) is 2.82. The highest BCUT2D eigenvalue weighted by Gasteiger charge is 2.38. The predicted octanol–water partition coefficient (Wildman–Crippen LogP) is 2.57. The lowest BCUT2D eigenvalue weighted by Gasteiger charge is -2.35. The van der Waals surface area contributed by atoms with Crippen molar-refractivity contribution in [2.75, 3.05) is 26.3 Å². The Hall–Kier alpha value is -3.34. The molecule has 1 rings (SSSR count). The molecule has 0 saturated carbocycles. The van der Waals surface area contributed by atoms with Gasteiger partial charge in [-0.3, -0.25) is 14.4 Å². The Balaban J connectivity index is 3.43. The number of hydrogen-bond donors (Lipinski definition) is 4. The normalized spacial score (nSPS) is 13.6. The molecule has 0 radical (unpaired) electrons. The van der Waals surface area contributed by atoms with E-state index in [1.54, 1.807) is 47.6 Å². The molecule has 0 aliphatic heterocycles. The zero-order valence-electron chi connectivity index (χ0n) is 23.5. The van der Waals surface area contributed by atoms with E-state index in [0.717, 1.165) is 0 Å². The van der Waals surface area contributed by atoms with Crippen LogP contribution in [0, 0.1) is 12.8 Å². The van der Waals surface area contributed by atoms with E-state index < -0.39 is 48.2 Å². The summed E-state index contributed by atoms with van der Waals surface area (Å²) >= 11 is 0. The number of carbonyl (C=O) groups is 4. The van der Waals surface area contributed by atoms with E-state index >= 15 is 0 Å². The fourth-order valence-electron chi connectivity index (χ4n) is 3.71. The van der Waals surface area contributed by atoms with Crippen LogP contribution < -0.4 is 10.6 Å². The molecule has 0 saturated heterocycles. The summed E-state index contributed by atoms with van der Waals surface area (Å²) in [6.07, 6.45) is -0.311. The van der Waals surface area contributed by atoms with E-state index in [-0.39, 0.29) is 37.8 Å². The third kappa shape index (κ3) is 10.2. The first-order valence-corrected chi connectivity index (χ1v) is 12.9. The fraction of sp³-hybridized carbons (Fsp3) is 0.630. The second-order valence-corrected chi connectivity index (χ2v) is 10.1. The van der Waals surface area contributed by atoms with Crippen molar-refractivity contribution in [3.8, 4) is 5.75 Å². The maximum Gasteiger partial charge on any atom is 0.408 e. The van der Waals surface area contributed by atoms with Crippen LogP contribution in [0.15, 0.2) is 18.2 Å². The number of ether oxygens (including phenoxy) is 2. The molecular weight excluding hydrogens is 494 g/mol. The SMILES string of the molecule is CCOC(=O)CCNC(=O)C(c1ccc(O)c(C)c1)N(CCO)C(=O)C(NC(=O)OC(C)(C)C)C(C)CC. The Bertz CT molecular complexity index is 960. The van der Waals surface area contributed by atoms with Crippen molar-refractivity contribution in [3.63, 3.8) is 0 Å². The number of hydrogen-bond acceptors (Lipinski definition) is 8. The van der Waals surface area contributed by atoms with Gasteiger partial charge in [-0.1, -0.05) is 26.3 Å². The minimum atomic E-state index is -1.22. The van der Waals surface area contributed by atoms with Gasteiger partial charge >= 0.3 is 12.1 Å². The molecular formula is C27H43N3O8. The number of benzene rings is 1. The number of phenolic OH excluding ortho intramolecular Hbond substituents is 1. The van der Waals surface area contributed by atoms with Crippen molar-refractivity contribution >= 4 is 23.9 Å².